The van der Waals surface area contributed by atoms with Crippen molar-refractivity contribution in [3.05, 3.63) is 23.8 Å². The van der Waals surface area contributed by atoms with Gasteiger partial charge in [0.15, 0.2) is 17.5 Å². The molecule has 154 valence electrons. The van der Waals surface area contributed by atoms with Crippen molar-refractivity contribution >= 4 is 17.9 Å². The third-order valence-corrected chi connectivity index (χ3v) is 3.80. The summed E-state index contributed by atoms with van der Waals surface area (Å²) in [6.07, 6.45) is 0. The molecule has 28 heavy (non-hydrogen) atoms. The Morgan fingerprint density at radius 2 is 2.14 bits per heavy atom. The first kappa shape index (κ1) is 21.2. The fourth-order valence-corrected chi connectivity index (χ4v) is 2.56. The molecule has 1 saturated heterocycles. The lowest BCUT2D eigenvalue weighted by Gasteiger charge is -2.18. The van der Waals surface area contributed by atoms with Crippen LogP contribution in [0.5, 0.6) is 11.5 Å². The van der Waals surface area contributed by atoms with Crippen LogP contribution in [-0.2, 0) is 11.3 Å². The highest BCUT2D eigenvalue weighted by molar-refractivity contribution is 6.01. The summed E-state index contributed by atoms with van der Waals surface area (Å²) >= 11 is 0. The summed E-state index contributed by atoms with van der Waals surface area (Å²) in [5, 5.41) is 8.36. The van der Waals surface area contributed by atoms with Gasteiger partial charge in [0.05, 0.1) is 13.2 Å². The Hall–Kier alpha value is -3.11. The number of hydrogen-bond donors (Lipinski definition) is 3. The number of carbonyl (C=O) groups excluding carboxylic acids is 2. The van der Waals surface area contributed by atoms with E-state index in [1.165, 1.54) is 7.05 Å². The largest absolute Gasteiger partial charge is 0.490 e. The van der Waals surface area contributed by atoms with Gasteiger partial charge >= 0.3 is 12.6 Å². The average Bonchev–Trinajstić information content (AvgIpc) is 2.98. The van der Waals surface area contributed by atoms with Crippen LogP contribution in [0.15, 0.2) is 23.2 Å². The van der Waals surface area contributed by atoms with E-state index in [9.17, 15) is 18.4 Å². The molecular formula is C17H23F2N5O4. The topological polar surface area (TPSA) is 104 Å². The van der Waals surface area contributed by atoms with Crippen LogP contribution in [-0.4, -0.2) is 62.7 Å². The summed E-state index contributed by atoms with van der Waals surface area (Å²) in [6, 6.07) is 4.42. The van der Waals surface area contributed by atoms with Gasteiger partial charge in [-0.05, 0) is 13.0 Å². The van der Waals surface area contributed by atoms with E-state index in [0.717, 1.165) is 4.90 Å². The molecule has 0 spiro atoms. The third-order valence-electron chi connectivity index (χ3n) is 3.80. The van der Waals surface area contributed by atoms with Crippen molar-refractivity contribution in [3.8, 4) is 11.5 Å². The van der Waals surface area contributed by atoms with E-state index in [0.29, 0.717) is 18.1 Å². The molecule has 0 radical (unpaired) electrons. The average molecular weight is 399 g/mol. The van der Waals surface area contributed by atoms with Crippen LogP contribution >= 0.6 is 0 Å². The molecule has 1 heterocycles. The van der Waals surface area contributed by atoms with E-state index in [4.69, 9.17) is 4.74 Å². The van der Waals surface area contributed by atoms with Crippen LogP contribution < -0.4 is 25.4 Å². The molecule has 1 fully saturated rings. The molecule has 0 atom stereocenters. The Morgan fingerprint density at radius 1 is 1.36 bits per heavy atom. The van der Waals surface area contributed by atoms with Crippen molar-refractivity contribution in [3.63, 3.8) is 0 Å². The maximum Gasteiger partial charge on any atom is 0.387 e. The summed E-state index contributed by atoms with van der Waals surface area (Å²) < 4.78 is 35.5. The molecule has 9 nitrogen and oxygen atoms in total. The zero-order valence-corrected chi connectivity index (χ0v) is 15.6. The molecule has 1 aliphatic rings. The number of alkyl halides is 2. The van der Waals surface area contributed by atoms with Crippen molar-refractivity contribution in [2.45, 2.75) is 20.1 Å². The summed E-state index contributed by atoms with van der Waals surface area (Å²) in [5.41, 5.74) is 0.461. The van der Waals surface area contributed by atoms with Crippen molar-refractivity contribution in [1.29, 1.82) is 0 Å². The molecule has 1 aromatic carbocycles. The number of carbonyl (C=O) groups is 2. The van der Waals surface area contributed by atoms with Gasteiger partial charge in [-0.1, -0.05) is 12.1 Å². The zero-order valence-electron chi connectivity index (χ0n) is 15.6. The first-order valence-corrected chi connectivity index (χ1v) is 8.68. The molecule has 3 amide bonds. The molecule has 3 N–H and O–H groups in total. The van der Waals surface area contributed by atoms with Crippen LogP contribution in [0, 0.1) is 0 Å². The molecule has 0 saturated carbocycles. The zero-order chi connectivity index (χ0) is 20.5. The number of nitrogens with one attached hydrogen (secondary N) is 3. The van der Waals surface area contributed by atoms with Gasteiger partial charge in [0.1, 0.15) is 0 Å². The van der Waals surface area contributed by atoms with Gasteiger partial charge in [0, 0.05) is 32.2 Å². The van der Waals surface area contributed by atoms with Crippen LogP contribution in [0.2, 0.25) is 0 Å². The highest BCUT2D eigenvalue weighted by Crippen LogP contribution is 2.32. The SMILES string of the molecule is CCOc1cccc(CNC(=NC)NCCN2C(=O)CNC2=O)c1OC(F)F. The van der Waals surface area contributed by atoms with Gasteiger partial charge in [0.2, 0.25) is 5.91 Å². The van der Waals surface area contributed by atoms with E-state index in [-0.39, 0.29) is 43.6 Å². The highest BCUT2D eigenvalue weighted by atomic mass is 19.3. The molecule has 1 aliphatic heterocycles. The quantitative estimate of drug-likeness (QED) is 0.324. The van der Waals surface area contributed by atoms with Crippen LogP contribution in [0.1, 0.15) is 12.5 Å². The van der Waals surface area contributed by atoms with Crippen molar-refractivity contribution < 1.29 is 27.8 Å². The number of hydrogen-bond acceptors (Lipinski definition) is 5. The Bertz CT molecular complexity index is 713. The lowest BCUT2D eigenvalue weighted by Crippen LogP contribution is -2.43. The number of urea groups is 1. The molecule has 0 bridgehead atoms. The minimum Gasteiger partial charge on any atom is -0.490 e. The predicted molar refractivity (Wildman–Crippen MR) is 97.6 cm³/mol. The number of rotatable bonds is 9. The molecular weight excluding hydrogens is 376 g/mol. The predicted octanol–water partition coefficient (Wildman–Crippen LogP) is 0.903. The number of benzene rings is 1. The minimum absolute atomic E-state index is 0.00507. The van der Waals surface area contributed by atoms with Gasteiger partial charge in [-0.3, -0.25) is 14.7 Å². The number of amides is 3. The Morgan fingerprint density at radius 3 is 2.75 bits per heavy atom. The summed E-state index contributed by atoms with van der Waals surface area (Å²) in [4.78, 5) is 28.1. The Balaban J connectivity index is 1.94. The van der Waals surface area contributed by atoms with E-state index in [2.05, 4.69) is 25.7 Å². The lowest BCUT2D eigenvalue weighted by atomic mass is 10.2. The monoisotopic (exact) mass is 399 g/mol. The summed E-state index contributed by atoms with van der Waals surface area (Å²) in [5.74, 6) is 0.262. The second-order valence-electron chi connectivity index (χ2n) is 5.61. The molecule has 2 rings (SSSR count). The Labute approximate surface area is 161 Å². The van der Waals surface area contributed by atoms with Crippen molar-refractivity contribution in [2.75, 3.05) is 33.3 Å². The molecule has 1 aromatic rings. The number of imide groups is 1. The van der Waals surface area contributed by atoms with Crippen LogP contribution in [0.4, 0.5) is 13.6 Å². The second-order valence-corrected chi connectivity index (χ2v) is 5.61. The first-order valence-electron chi connectivity index (χ1n) is 8.68. The number of para-hydroxylation sites is 1. The fourth-order valence-electron chi connectivity index (χ4n) is 2.56. The minimum atomic E-state index is -2.98. The number of aliphatic imine (C=N–C) groups is 1. The molecule has 0 unspecified atom stereocenters. The second kappa shape index (κ2) is 10.3. The normalized spacial score (nSPS) is 14.3. The summed E-state index contributed by atoms with van der Waals surface area (Å²) in [6.45, 7) is -0.345. The van der Waals surface area contributed by atoms with E-state index >= 15 is 0 Å². The number of nitrogens with zero attached hydrogens (tertiary/aromatic N) is 2. The lowest BCUT2D eigenvalue weighted by molar-refractivity contribution is -0.124. The molecule has 11 heteroatoms. The third kappa shape index (κ3) is 5.69. The maximum atomic E-state index is 12.8. The summed E-state index contributed by atoms with van der Waals surface area (Å²) in [7, 11) is 1.54. The fraction of sp³-hybridized carbons (Fsp3) is 0.471. The van der Waals surface area contributed by atoms with Gasteiger partial charge in [-0.15, -0.1) is 0 Å². The van der Waals surface area contributed by atoms with Gasteiger partial charge in [-0.2, -0.15) is 8.78 Å². The highest BCUT2D eigenvalue weighted by Gasteiger charge is 2.27. The molecule has 0 aliphatic carbocycles. The first-order chi connectivity index (χ1) is 13.5. The standard InChI is InChI=1S/C17H23F2N5O4/c1-3-27-12-6-4-5-11(14(12)28-15(18)19)9-22-16(20-2)21-7-8-24-13(25)10-23-17(24)26/h4-6,15H,3,7-10H2,1-2H3,(H,23,26)(H2,20,21,22). The maximum absolute atomic E-state index is 12.8. The van der Waals surface area contributed by atoms with Gasteiger partial charge in [0.25, 0.3) is 0 Å². The van der Waals surface area contributed by atoms with Crippen molar-refractivity contribution in [1.82, 2.24) is 20.9 Å². The smallest absolute Gasteiger partial charge is 0.387 e. The van der Waals surface area contributed by atoms with E-state index in [1.54, 1.807) is 25.1 Å². The number of guanidine groups is 1. The molecule has 0 aromatic heterocycles. The van der Waals surface area contributed by atoms with Gasteiger partial charge < -0.3 is 25.4 Å². The van der Waals surface area contributed by atoms with Crippen molar-refractivity contribution in [2.24, 2.45) is 4.99 Å². The van der Waals surface area contributed by atoms with Crippen LogP contribution in [0.25, 0.3) is 0 Å². The van der Waals surface area contributed by atoms with Gasteiger partial charge in [-0.25, -0.2) is 4.79 Å². The van der Waals surface area contributed by atoms with E-state index in [1.807, 2.05) is 0 Å². The van der Waals surface area contributed by atoms with Crippen LogP contribution in [0.3, 0.4) is 0 Å². The number of halogens is 2. The Kier molecular flexibility index (Phi) is 7.78. The number of ether oxygens (including phenoxy) is 2. The van der Waals surface area contributed by atoms with E-state index < -0.39 is 12.6 Å².